The molecule has 1 aromatic carbocycles. The standard InChI is InChI=1S/C26H32FN3O3/c1-16-14-30(15-17(2)33-16)25-23-13-28-21(9-19(23)12-29-25)10-22(31)11-24(26(3,4)32)18-5-7-20(27)8-6-18/h5-9,13,16-17,24,32H,10-12,14-15H2,1-4H3/t16-,17+,24?. The van der Waals surface area contributed by atoms with Gasteiger partial charge in [-0.25, -0.2) is 4.39 Å². The Bertz CT molecular complexity index is 1040. The van der Waals surface area contributed by atoms with Crippen LogP contribution < -0.4 is 0 Å². The Kier molecular flexibility index (Phi) is 6.64. The number of aliphatic hydroxyl groups is 1. The first-order valence-corrected chi connectivity index (χ1v) is 11.5. The summed E-state index contributed by atoms with van der Waals surface area (Å²) >= 11 is 0. The van der Waals surface area contributed by atoms with Gasteiger partial charge in [-0.05, 0) is 57.0 Å². The summed E-state index contributed by atoms with van der Waals surface area (Å²) in [6.07, 6.45) is 2.45. The maximum absolute atomic E-state index is 13.3. The molecule has 0 saturated carbocycles. The van der Waals surface area contributed by atoms with E-state index in [0.717, 1.165) is 35.6 Å². The van der Waals surface area contributed by atoms with Crippen LogP contribution in [0, 0.1) is 5.82 Å². The van der Waals surface area contributed by atoms with Crippen LogP contribution in [0.15, 0.2) is 41.5 Å². The number of ketones is 1. The summed E-state index contributed by atoms with van der Waals surface area (Å²) in [5, 5.41) is 10.6. The van der Waals surface area contributed by atoms with Gasteiger partial charge in [0, 0.05) is 49.3 Å². The summed E-state index contributed by atoms with van der Waals surface area (Å²) < 4.78 is 19.2. The average molecular weight is 454 g/mol. The molecule has 4 rings (SSSR count). The van der Waals surface area contributed by atoms with Crippen LogP contribution in [0.2, 0.25) is 0 Å². The van der Waals surface area contributed by atoms with E-state index < -0.39 is 11.5 Å². The van der Waals surface area contributed by atoms with Gasteiger partial charge in [0.15, 0.2) is 0 Å². The van der Waals surface area contributed by atoms with E-state index >= 15 is 0 Å². The Morgan fingerprint density at radius 1 is 1.24 bits per heavy atom. The van der Waals surface area contributed by atoms with Crippen LogP contribution in [-0.2, 0) is 22.5 Å². The van der Waals surface area contributed by atoms with Crippen molar-refractivity contribution in [3.8, 4) is 0 Å². The number of ether oxygens (including phenoxy) is 1. The maximum Gasteiger partial charge on any atom is 0.139 e. The summed E-state index contributed by atoms with van der Waals surface area (Å²) in [5.74, 6) is 0.161. The zero-order valence-corrected chi connectivity index (χ0v) is 19.7. The van der Waals surface area contributed by atoms with E-state index in [1.54, 1.807) is 26.0 Å². The quantitative estimate of drug-likeness (QED) is 0.723. The third-order valence-corrected chi connectivity index (χ3v) is 6.34. The minimum Gasteiger partial charge on any atom is -0.390 e. The summed E-state index contributed by atoms with van der Waals surface area (Å²) in [4.78, 5) is 24.5. The first-order chi connectivity index (χ1) is 15.6. The molecule has 3 heterocycles. The smallest absolute Gasteiger partial charge is 0.139 e. The van der Waals surface area contributed by atoms with Gasteiger partial charge in [-0.2, -0.15) is 0 Å². The molecule has 6 nitrogen and oxygen atoms in total. The van der Waals surface area contributed by atoms with E-state index in [1.807, 2.05) is 12.3 Å². The van der Waals surface area contributed by atoms with Crippen molar-refractivity contribution in [2.24, 2.45) is 4.99 Å². The zero-order chi connectivity index (χ0) is 23.8. The monoisotopic (exact) mass is 453 g/mol. The highest BCUT2D eigenvalue weighted by atomic mass is 19.1. The first-order valence-electron chi connectivity index (χ1n) is 11.5. The Morgan fingerprint density at radius 3 is 2.55 bits per heavy atom. The van der Waals surface area contributed by atoms with E-state index in [2.05, 4.69) is 23.7 Å². The van der Waals surface area contributed by atoms with Gasteiger partial charge < -0.3 is 14.7 Å². The average Bonchev–Trinajstić information content (AvgIpc) is 3.14. The molecule has 1 N–H and O–H groups in total. The van der Waals surface area contributed by atoms with E-state index in [1.165, 1.54) is 12.1 Å². The number of nitrogens with zero attached hydrogens (tertiary/aromatic N) is 3. The number of pyridine rings is 1. The molecule has 0 bridgehead atoms. The molecule has 2 aliphatic heterocycles. The van der Waals surface area contributed by atoms with Gasteiger partial charge in [0.2, 0.25) is 0 Å². The Hall–Kier alpha value is -2.64. The second-order valence-corrected chi connectivity index (χ2v) is 9.81. The molecule has 1 fully saturated rings. The number of rotatable bonds is 6. The number of benzene rings is 1. The predicted octanol–water partition coefficient (Wildman–Crippen LogP) is 3.65. The number of amidine groups is 1. The molecule has 0 spiro atoms. The number of halogens is 1. The number of morpholine rings is 1. The predicted molar refractivity (Wildman–Crippen MR) is 125 cm³/mol. The van der Waals surface area contributed by atoms with Crippen LogP contribution in [-0.4, -0.2) is 57.5 Å². The van der Waals surface area contributed by atoms with Gasteiger partial charge in [0.25, 0.3) is 0 Å². The highest BCUT2D eigenvalue weighted by molar-refractivity contribution is 6.02. The van der Waals surface area contributed by atoms with Crippen LogP contribution in [0.3, 0.4) is 0 Å². The molecule has 0 aliphatic carbocycles. The van der Waals surface area contributed by atoms with Crippen molar-refractivity contribution in [2.45, 2.75) is 70.8 Å². The van der Waals surface area contributed by atoms with Gasteiger partial charge >= 0.3 is 0 Å². The van der Waals surface area contributed by atoms with E-state index in [-0.39, 0.29) is 36.7 Å². The summed E-state index contributed by atoms with van der Waals surface area (Å²) in [5.41, 5.74) is 2.42. The Morgan fingerprint density at radius 2 is 1.91 bits per heavy atom. The normalized spacial score (nSPS) is 21.5. The summed E-state index contributed by atoms with van der Waals surface area (Å²) in [6, 6.07) is 7.94. The molecule has 1 aromatic heterocycles. The molecule has 176 valence electrons. The molecule has 0 radical (unpaired) electrons. The Labute approximate surface area is 194 Å². The molecule has 33 heavy (non-hydrogen) atoms. The number of aromatic nitrogens is 1. The summed E-state index contributed by atoms with van der Waals surface area (Å²) in [6.45, 7) is 9.66. The van der Waals surface area contributed by atoms with Crippen LogP contribution in [0.5, 0.6) is 0 Å². The van der Waals surface area contributed by atoms with E-state index in [4.69, 9.17) is 9.73 Å². The summed E-state index contributed by atoms with van der Waals surface area (Å²) in [7, 11) is 0. The fraction of sp³-hybridized carbons (Fsp3) is 0.500. The molecule has 1 saturated heterocycles. The fourth-order valence-electron chi connectivity index (χ4n) is 4.81. The molecule has 2 aliphatic rings. The van der Waals surface area contributed by atoms with Crippen molar-refractivity contribution >= 4 is 11.6 Å². The minimum absolute atomic E-state index is 0.0196. The Balaban J connectivity index is 1.45. The van der Waals surface area contributed by atoms with Gasteiger partial charge in [0.1, 0.15) is 17.4 Å². The lowest BCUT2D eigenvalue weighted by atomic mass is 9.80. The molecular weight excluding hydrogens is 421 g/mol. The number of carbonyl (C=O) groups is 1. The highest BCUT2D eigenvalue weighted by Gasteiger charge is 2.31. The molecule has 7 heteroatoms. The van der Waals surface area contributed by atoms with Crippen LogP contribution in [0.1, 0.15) is 62.4 Å². The highest BCUT2D eigenvalue weighted by Crippen LogP contribution is 2.32. The van der Waals surface area contributed by atoms with Crippen LogP contribution in [0.25, 0.3) is 0 Å². The topological polar surface area (TPSA) is 75.0 Å². The van der Waals surface area contributed by atoms with Gasteiger partial charge in [-0.15, -0.1) is 0 Å². The molecule has 2 aromatic rings. The van der Waals surface area contributed by atoms with Crippen LogP contribution in [0.4, 0.5) is 4.39 Å². The largest absolute Gasteiger partial charge is 0.390 e. The van der Waals surface area contributed by atoms with Crippen molar-refractivity contribution in [3.05, 3.63) is 64.7 Å². The lowest BCUT2D eigenvalue weighted by Crippen LogP contribution is -2.48. The van der Waals surface area contributed by atoms with E-state index in [9.17, 15) is 14.3 Å². The fourth-order valence-corrected chi connectivity index (χ4v) is 4.81. The maximum atomic E-state index is 13.3. The first kappa shape index (κ1) is 23.5. The lowest BCUT2D eigenvalue weighted by molar-refractivity contribution is -0.120. The molecule has 0 amide bonds. The second-order valence-electron chi connectivity index (χ2n) is 9.81. The zero-order valence-electron chi connectivity index (χ0n) is 19.7. The van der Waals surface area contributed by atoms with Gasteiger partial charge in [0.05, 0.1) is 24.4 Å². The number of aliphatic imine (C=N–C) groups is 1. The number of hydrogen-bond acceptors (Lipinski definition) is 6. The molecule has 3 atom stereocenters. The van der Waals surface area contributed by atoms with Gasteiger partial charge in [-0.1, -0.05) is 12.1 Å². The van der Waals surface area contributed by atoms with Crippen molar-refractivity contribution in [2.75, 3.05) is 13.1 Å². The molecule has 1 unspecified atom stereocenters. The van der Waals surface area contributed by atoms with E-state index in [0.29, 0.717) is 12.2 Å². The van der Waals surface area contributed by atoms with Crippen molar-refractivity contribution < 1.29 is 19.0 Å². The molecular formula is C26H32FN3O3. The van der Waals surface area contributed by atoms with Gasteiger partial charge in [-0.3, -0.25) is 14.8 Å². The second kappa shape index (κ2) is 9.31. The minimum atomic E-state index is -1.12. The SMILES string of the molecule is C[C@@H]1CN(C2=NCc3cc(CC(=O)CC(c4ccc(F)cc4)C(C)(C)O)ncc32)C[C@H](C)O1. The lowest BCUT2D eigenvalue weighted by Gasteiger charge is -2.36. The number of hydrogen-bond donors (Lipinski definition) is 1. The number of carbonyl (C=O) groups excluding carboxylic acids is 1. The number of Topliss-reactive ketones (excluding diaryl/α,β-unsaturated/α-hetero) is 1. The van der Waals surface area contributed by atoms with Crippen LogP contribution >= 0.6 is 0 Å². The number of fused-ring (bicyclic) bond motifs is 1. The third kappa shape index (κ3) is 5.47. The van der Waals surface area contributed by atoms with Crippen molar-refractivity contribution in [3.63, 3.8) is 0 Å². The van der Waals surface area contributed by atoms with Crippen molar-refractivity contribution in [1.29, 1.82) is 0 Å². The third-order valence-electron chi connectivity index (χ3n) is 6.34. The van der Waals surface area contributed by atoms with Crippen molar-refractivity contribution in [1.82, 2.24) is 9.88 Å².